The summed E-state index contributed by atoms with van der Waals surface area (Å²) in [5.41, 5.74) is 4.93. The minimum atomic E-state index is 0.615. The molecule has 0 aliphatic heterocycles. The van der Waals surface area contributed by atoms with Crippen LogP contribution in [0.15, 0.2) is 48.5 Å². The second-order valence-corrected chi connectivity index (χ2v) is 7.03. The van der Waals surface area contributed by atoms with Crippen LogP contribution in [0, 0.1) is 13.8 Å². The molecule has 2 aromatic carbocycles. The van der Waals surface area contributed by atoms with Gasteiger partial charge in [-0.25, -0.2) is 0 Å². The second kappa shape index (κ2) is 14.9. The highest BCUT2D eigenvalue weighted by Gasteiger charge is 1.97. The Morgan fingerprint density at radius 2 is 0.931 bits per heavy atom. The lowest BCUT2D eigenvalue weighted by molar-refractivity contribution is 0.0145. The third-order valence-electron chi connectivity index (χ3n) is 4.60. The van der Waals surface area contributed by atoms with Crippen molar-refractivity contribution in [3.63, 3.8) is 0 Å². The molecule has 5 heteroatoms. The normalized spacial score (nSPS) is 10.8. The van der Waals surface area contributed by atoms with Crippen LogP contribution in [-0.2, 0) is 14.2 Å². The lowest BCUT2D eigenvalue weighted by Crippen LogP contribution is -2.12. The molecule has 160 valence electrons. The molecule has 29 heavy (non-hydrogen) atoms. The topological polar surface area (TPSA) is 51.8 Å². The predicted octanol–water partition coefficient (Wildman–Crippen LogP) is 4.66. The SMILES string of the molecule is Cc1ccccc1NCCCOCCOCCOCCCNc1ccccc1C. The first-order valence-electron chi connectivity index (χ1n) is 10.6. The van der Waals surface area contributed by atoms with Gasteiger partial charge in [0.25, 0.3) is 0 Å². The summed E-state index contributed by atoms with van der Waals surface area (Å²) >= 11 is 0. The van der Waals surface area contributed by atoms with E-state index < -0.39 is 0 Å². The number of anilines is 2. The smallest absolute Gasteiger partial charge is 0.0701 e. The Hall–Kier alpha value is -2.08. The molecule has 0 saturated carbocycles. The van der Waals surface area contributed by atoms with Crippen molar-refractivity contribution in [1.82, 2.24) is 0 Å². The van der Waals surface area contributed by atoms with E-state index in [1.165, 1.54) is 22.5 Å². The average Bonchev–Trinajstić information content (AvgIpc) is 2.73. The lowest BCUT2D eigenvalue weighted by Gasteiger charge is -2.10. The number of ether oxygens (including phenoxy) is 3. The van der Waals surface area contributed by atoms with Crippen molar-refractivity contribution in [3.05, 3.63) is 59.7 Å². The molecule has 2 aromatic rings. The minimum Gasteiger partial charge on any atom is -0.385 e. The Kier molecular flexibility index (Phi) is 11.9. The molecule has 0 bridgehead atoms. The number of aryl methyl sites for hydroxylation is 2. The van der Waals surface area contributed by atoms with Crippen LogP contribution < -0.4 is 10.6 Å². The van der Waals surface area contributed by atoms with Crippen molar-refractivity contribution in [2.45, 2.75) is 26.7 Å². The predicted molar refractivity (Wildman–Crippen MR) is 121 cm³/mol. The van der Waals surface area contributed by atoms with Crippen LogP contribution in [0.3, 0.4) is 0 Å². The van der Waals surface area contributed by atoms with E-state index >= 15 is 0 Å². The van der Waals surface area contributed by atoms with Crippen molar-refractivity contribution in [3.8, 4) is 0 Å². The van der Waals surface area contributed by atoms with E-state index in [0.717, 1.165) is 39.1 Å². The van der Waals surface area contributed by atoms with Gasteiger partial charge in [-0.2, -0.15) is 0 Å². The van der Waals surface area contributed by atoms with Crippen molar-refractivity contribution in [1.29, 1.82) is 0 Å². The second-order valence-electron chi connectivity index (χ2n) is 7.03. The summed E-state index contributed by atoms with van der Waals surface area (Å²) in [5, 5.41) is 6.86. The molecule has 0 unspecified atom stereocenters. The summed E-state index contributed by atoms with van der Waals surface area (Å²) in [6, 6.07) is 16.6. The molecule has 0 aromatic heterocycles. The summed E-state index contributed by atoms with van der Waals surface area (Å²) in [6.07, 6.45) is 1.96. The maximum absolute atomic E-state index is 5.60. The Bertz CT molecular complexity index is 621. The Labute approximate surface area is 175 Å². The first kappa shape index (κ1) is 23.2. The summed E-state index contributed by atoms with van der Waals surface area (Å²) < 4.78 is 16.7. The fourth-order valence-electron chi connectivity index (χ4n) is 2.88. The van der Waals surface area contributed by atoms with Crippen molar-refractivity contribution < 1.29 is 14.2 Å². The average molecular weight is 401 g/mol. The van der Waals surface area contributed by atoms with E-state index in [1.54, 1.807) is 0 Å². The minimum absolute atomic E-state index is 0.615. The molecule has 0 amide bonds. The van der Waals surface area contributed by atoms with Crippen molar-refractivity contribution >= 4 is 11.4 Å². The summed E-state index contributed by atoms with van der Waals surface area (Å²) in [5.74, 6) is 0. The van der Waals surface area contributed by atoms with Crippen LogP contribution in [-0.4, -0.2) is 52.7 Å². The first-order chi connectivity index (χ1) is 14.3. The Morgan fingerprint density at radius 1 is 0.552 bits per heavy atom. The van der Waals surface area contributed by atoms with Gasteiger partial charge >= 0.3 is 0 Å². The van der Waals surface area contributed by atoms with Gasteiger partial charge in [0.15, 0.2) is 0 Å². The number of para-hydroxylation sites is 2. The molecule has 0 atom stereocenters. The van der Waals surface area contributed by atoms with Gasteiger partial charge in [-0.05, 0) is 49.9 Å². The van der Waals surface area contributed by atoms with Crippen LogP contribution in [0.5, 0.6) is 0 Å². The van der Waals surface area contributed by atoms with E-state index in [1.807, 2.05) is 0 Å². The summed E-state index contributed by atoms with van der Waals surface area (Å²) in [4.78, 5) is 0. The van der Waals surface area contributed by atoms with Crippen LogP contribution in [0.4, 0.5) is 11.4 Å². The quantitative estimate of drug-likeness (QED) is 0.402. The number of benzene rings is 2. The fraction of sp³-hybridized carbons (Fsp3) is 0.500. The highest BCUT2D eigenvalue weighted by molar-refractivity contribution is 5.50. The lowest BCUT2D eigenvalue weighted by atomic mass is 10.2. The number of nitrogens with one attached hydrogen (secondary N) is 2. The largest absolute Gasteiger partial charge is 0.385 e. The van der Waals surface area contributed by atoms with Crippen LogP contribution in [0.25, 0.3) is 0 Å². The molecular formula is C24H36N2O3. The van der Waals surface area contributed by atoms with E-state index in [0.29, 0.717) is 26.4 Å². The molecule has 5 nitrogen and oxygen atoms in total. The fourth-order valence-corrected chi connectivity index (χ4v) is 2.88. The van der Waals surface area contributed by atoms with Gasteiger partial charge < -0.3 is 24.8 Å². The van der Waals surface area contributed by atoms with Gasteiger partial charge in [-0.3, -0.25) is 0 Å². The third kappa shape index (κ3) is 10.3. The highest BCUT2D eigenvalue weighted by atomic mass is 16.5. The molecule has 0 aliphatic rings. The zero-order valence-corrected chi connectivity index (χ0v) is 17.9. The van der Waals surface area contributed by atoms with Gasteiger partial charge in [0, 0.05) is 37.7 Å². The number of hydrogen-bond donors (Lipinski definition) is 2. The van der Waals surface area contributed by atoms with Crippen LogP contribution >= 0.6 is 0 Å². The maximum atomic E-state index is 5.60. The molecule has 0 radical (unpaired) electrons. The molecule has 0 saturated heterocycles. The third-order valence-corrected chi connectivity index (χ3v) is 4.60. The van der Waals surface area contributed by atoms with E-state index in [4.69, 9.17) is 14.2 Å². The van der Waals surface area contributed by atoms with Crippen LogP contribution in [0.1, 0.15) is 24.0 Å². The molecule has 0 heterocycles. The maximum Gasteiger partial charge on any atom is 0.0701 e. The van der Waals surface area contributed by atoms with E-state index in [-0.39, 0.29) is 0 Å². The molecule has 2 N–H and O–H groups in total. The molecule has 0 aliphatic carbocycles. The monoisotopic (exact) mass is 400 g/mol. The molecular weight excluding hydrogens is 364 g/mol. The van der Waals surface area contributed by atoms with Gasteiger partial charge in [0.2, 0.25) is 0 Å². The number of rotatable bonds is 16. The van der Waals surface area contributed by atoms with Crippen molar-refractivity contribution in [2.24, 2.45) is 0 Å². The summed E-state index contributed by atoms with van der Waals surface area (Å²) in [6.45, 7) is 10.0. The van der Waals surface area contributed by atoms with Gasteiger partial charge in [-0.1, -0.05) is 36.4 Å². The van der Waals surface area contributed by atoms with Gasteiger partial charge in [0.1, 0.15) is 0 Å². The summed E-state index contributed by atoms with van der Waals surface area (Å²) in [7, 11) is 0. The highest BCUT2D eigenvalue weighted by Crippen LogP contribution is 2.13. The molecule has 0 spiro atoms. The van der Waals surface area contributed by atoms with Crippen molar-refractivity contribution in [2.75, 3.05) is 63.4 Å². The zero-order valence-electron chi connectivity index (χ0n) is 17.9. The Balaban J connectivity index is 1.31. The first-order valence-corrected chi connectivity index (χ1v) is 10.6. The van der Waals surface area contributed by atoms with E-state index in [9.17, 15) is 0 Å². The van der Waals surface area contributed by atoms with Crippen LogP contribution in [0.2, 0.25) is 0 Å². The standard InChI is InChI=1S/C24H36N2O3/c1-21-9-3-5-11-23(21)25-13-7-15-27-17-19-29-20-18-28-16-8-14-26-24-12-6-4-10-22(24)2/h3-6,9-12,25-26H,7-8,13-20H2,1-2H3. The van der Waals surface area contributed by atoms with Gasteiger partial charge in [0.05, 0.1) is 26.4 Å². The molecule has 2 rings (SSSR count). The molecule has 0 fully saturated rings. The Morgan fingerprint density at radius 3 is 1.34 bits per heavy atom. The van der Waals surface area contributed by atoms with E-state index in [2.05, 4.69) is 73.0 Å². The number of hydrogen-bond acceptors (Lipinski definition) is 5. The van der Waals surface area contributed by atoms with Gasteiger partial charge in [-0.15, -0.1) is 0 Å². The zero-order chi connectivity index (χ0) is 20.6.